The summed E-state index contributed by atoms with van der Waals surface area (Å²) in [7, 11) is 0. The molecule has 4 heteroatoms. The van der Waals surface area contributed by atoms with Crippen LogP contribution in [0.1, 0.15) is 44.4 Å². The van der Waals surface area contributed by atoms with Crippen molar-refractivity contribution in [1.82, 2.24) is 10.6 Å². The molecular formula is C15H21ClN2O. The van der Waals surface area contributed by atoms with Crippen molar-refractivity contribution in [2.24, 2.45) is 0 Å². The van der Waals surface area contributed by atoms with E-state index < -0.39 is 0 Å². The van der Waals surface area contributed by atoms with Crippen LogP contribution in [0.5, 0.6) is 0 Å². The molecule has 0 bridgehead atoms. The topological polar surface area (TPSA) is 41.1 Å². The van der Waals surface area contributed by atoms with E-state index in [2.05, 4.69) is 16.7 Å². The van der Waals surface area contributed by atoms with Gasteiger partial charge in [-0.1, -0.05) is 17.7 Å². The van der Waals surface area contributed by atoms with Crippen LogP contribution < -0.4 is 10.6 Å². The lowest BCUT2D eigenvalue weighted by atomic mass is 10.1. The van der Waals surface area contributed by atoms with Crippen molar-refractivity contribution < 1.29 is 4.79 Å². The van der Waals surface area contributed by atoms with E-state index in [4.69, 9.17) is 11.6 Å². The van der Waals surface area contributed by atoms with Crippen LogP contribution in [-0.4, -0.2) is 18.0 Å². The number of carbonyl (C=O) groups excluding carboxylic acids is 1. The molecule has 3 nitrogen and oxygen atoms in total. The average molecular weight is 281 g/mol. The SMILES string of the molecule is CC(C)(C)NC(=O)CNC1CCc2cc(Cl)ccc21. The largest absolute Gasteiger partial charge is 0.350 e. The van der Waals surface area contributed by atoms with Crippen LogP contribution in [0.2, 0.25) is 5.02 Å². The molecule has 1 aromatic carbocycles. The van der Waals surface area contributed by atoms with Gasteiger partial charge < -0.3 is 10.6 Å². The van der Waals surface area contributed by atoms with E-state index in [1.54, 1.807) is 0 Å². The third-order valence-corrected chi connectivity index (χ3v) is 3.44. The Morgan fingerprint density at radius 1 is 1.42 bits per heavy atom. The van der Waals surface area contributed by atoms with Gasteiger partial charge in [-0.15, -0.1) is 0 Å². The number of amides is 1. The monoisotopic (exact) mass is 280 g/mol. The van der Waals surface area contributed by atoms with Gasteiger partial charge in [-0.25, -0.2) is 0 Å². The minimum Gasteiger partial charge on any atom is -0.350 e. The molecule has 104 valence electrons. The summed E-state index contributed by atoms with van der Waals surface area (Å²) in [5, 5.41) is 7.06. The minimum absolute atomic E-state index is 0.0370. The molecule has 1 aromatic rings. The fourth-order valence-corrected chi connectivity index (χ4v) is 2.67. The lowest BCUT2D eigenvalue weighted by molar-refractivity contribution is -0.121. The van der Waals surface area contributed by atoms with Crippen molar-refractivity contribution in [2.75, 3.05) is 6.54 Å². The highest BCUT2D eigenvalue weighted by molar-refractivity contribution is 6.30. The standard InChI is InChI=1S/C15H21ClN2O/c1-15(2,3)18-14(19)9-17-13-7-4-10-8-11(16)5-6-12(10)13/h5-6,8,13,17H,4,7,9H2,1-3H3,(H,18,19). The first kappa shape index (κ1) is 14.4. The van der Waals surface area contributed by atoms with Crippen LogP contribution >= 0.6 is 11.6 Å². The number of halogens is 1. The number of aryl methyl sites for hydroxylation is 1. The summed E-state index contributed by atoms with van der Waals surface area (Å²) in [6.45, 7) is 6.30. The number of hydrogen-bond donors (Lipinski definition) is 2. The van der Waals surface area contributed by atoms with Gasteiger partial charge in [0.05, 0.1) is 6.54 Å². The smallest absolute Gasteiger partial charge is 0.234 e. The normalized spacial score (nSPS) is 18.2. The van der Waals surface area contributed by atoms with Crippen molar-refractivity contribution >= 4 is 17.5 Å². The quantitative estimate of drug-likeness (QED) is 0.894. The molecule has 1 aliphatic rings. The molecule has 0 saturated heterocycles. The van der Waals surface area contributed by atoms with E-state index in [0.29, 0.717) is 6.54 Å². The fraction of sp³-hybridized carbons (Fsp3) is 0.533. The average Bonchev–Trinajstić information content (AvgIpc) is 2.66. The molecule has 1 atom stereocenters. The number of carbonyl (C=O) groups is 1. The van der Waals surface area contributed by atoms with E-state index in [9.17, 15) is 4.79 Å². The molecule has 2 rings (SSSR count). The zero-order valence-electron chi connectivity index (χ0n) is 11.7. The summed E-state index contributed by atoms with van der Waals surface area (Å²) < 4.78 is 0. The molecule has 0 aromatic heterocycles. The van der Waals surface area contributed by atoms with E-state index in [1.165, 1.54) is 11.1 Å². The second-order valence-corrected chi connectivity index (χ2v) is 6.55. The zero-order chi connectivity index (χ0) is 14.0. The second kappa shape index (κ2) is 5.51. The summed E-state index contributed by atoms with van der Waals surface area (Å²) in [6, 6.07) is 6.26. The minimum atomic E-state index is -0.181. The van der Waals surface area contributed by atoms with Gasteiger partial charge in [0.1, 0.15) is 0 Å². The lowest BCUT2D eigenvalue weighted by Crippen LogP contribution is -2.45. The first-order valence-corrected chi connectivity index (χ1v) is 7.06. The fourth-order valence-electron chi connectivity index (χ4n) is 2.48. The van der Waals surface area contributed by atoms with Gasteiger partial charge in [0.2, 0.25) is 5.91 Å². The number of nitrogens with one attached hydrogen (secondary N) is 2. The van der Waals surface area contributed by atoms with Crippen molar-refractivity contribution in [3.8, 4) is 0 Å². The highest BCUT2D eigenvalue weighted by atomic mass is 35.5. The maximum atomic E-state index is 11.8. The zero-order valence-corrected chi connectivity index (χ0v) is 12.5. The first-order valence-electron chi connectivity index (χ1n) is 6.68. The van der Waals surface area contributed by atoms with Crippen molar-refractivity contribution in [3.63, 3.8) is 0 Å². The van der Waals surface area contributed by atoms with Gasteiger partial charge >= 0.3 is 0 Å². The maximum absolute atomic E-state index is 11.8. The number of benzene rings is 1. The van der Waals surface area contributed by atoms with E-state index in [-0.39, 0.29) is 17.5 Å². The molecule has 1 aliphatic carbocycles. The number of rotatable bonds is 3. The molecule has 2 N–H and O–H groups in total. The first-order chi connectivity index (χ1) is 8.85. The maximum Gasteiger partial charge on any atom is 0.234 e. The van der Waals surface area contributed by atoms with E-state index in [1.807, 2.05) is 32.9 Å². The summed E-state index contributed by atoms with van der Waals surface area (Å²) >= 11 is 5.99. The van der Waals surface area contributed by atoms with Gasteiger partial charge in [0.25, 0.3) is 0 Å². The molecule has 0 aliphatic heterocycles. The van der Waals surface area contributed by atoms with Crippen LogP contribution in [0.4, 0.5) is 0 Å². The van der Waals surface area contributed by atoms with Crippen molar-refractivity contribution in [1.29, 1.82) is 0 Å². The van der Waals surface area contributed by atoms with Gasteiger partial charge in [0.15, 0.2) is 0 Å². The van der Waals surface area contributed by atoms with Crippen LogP contribution in [0.15, 0.2) is 18.2 Å². The van der Waals surface area contributed by atoms with Crippen molar-refractivity contribution in [3.05, 3.63) is 34.3 Å². The predicted octanol–water partition coefficient (Wildman–Crippen LogP) is 2.83. The summed E-state index contributed by atoms with van der Waals surface area (Å²) in [4.78, 5) is 11.8. The number of fused-ring (bicyclic) bond motifs is 1. The molecule has 0 radical (unpaired) electrons. The Kier molecular flexibility index (Phi) is 4.16. The Labute approximate surface area is 119 Å². The van der Waals surface area contributed by atoms with Crippen LogP contribution in [0.3, 0.4) is 0 Å². The molecule has 0 saturated carbocycles. The molecule has 0 spiro atoms. The third kappa shape index (κ3) is 3.95. The molecule has 1 unspecified atom stereocenters. The molecule has 0 heterocycles. The van der Waals surface area contributed by atoms with Crippen molar-refractivity contribution in [2.45, 2.75) is 45.2 Å². The third-order valence-electron chi connectivity index (χ3n) is 3.21. The van der Waals surface area contributed by atoms with Crippen LogP contribution in [-0.2, 0) is 11.2 Å². The summed E-state index contributed by atoms with van der Waals surface area (Å²) in [5.74, 6) is 0.0370. The Bertz CT molecular complexity index is 480. The van der Waals surface area contributed by atoms with Gasteiger partial charge in [-0.05, 0) is 56.9 Å². The Morgan fingerprint density at radius 3 is 2.84 bits per heavy atom. The predicted molar refractivity (Wildman–Crippen MR) is 78.4 cm³/mol. The second-order valence-electron chi connectivity index (χ2n) is 6.11. The lowest BCUT2D eigenvalue weighted by Gasteiger charge is -2.21. The van der Waals surface area contributed by atoms with Gasteiger partial charge in [-0.2, -0.15) is 0 Å². The number of hydrogen-bond acceptors (Lipinski definition) is 2. The van der Waals surface area contributed by atoms with Crippen LogP contribution in [0, 0.1) is 0 Å². The van der Waals surface area contributed by atoms with Gasteiger partial charge in [0, 0.05) is 16.6 Å². The summed E-state index contributed by atoms with van der Waals surface area (Å²) in [6.07, 6.45) is 2.05. The molecule has 1 amide bonds. The molecular weight excluding hydrogens is 260 g/mol. The summed E-state index contributed by atoms with van der Waals surface area (Å²) in [5.41, 5.74) is 2.38. The van der Waals surface area contributed by atoms with E-state index in [0.717, 1.165) is 17.9 Å². The highest BCUT2D eigenvalue weighted by Gasteiger charge is 2.23. The van der Waals surface area contributed by atoms with E-state index >= 15 is 0 Å². The Morgan fingerprint density at radius 2 is 2.16 bits per heavy atom. The highest BCUT2D eigenvalue weighted by Crippen LogP contribution is 2.32. The Balaban J connectivity index is 1.91. The van der Waals surface area contributed by atoms with Gasteiger partial charge in [-0.3, -0.25) is 4.79 Å². The Hall–Kier alpha value is -1.06. The molecule has 0 fully saturated rings. The van der Waals surface area contributed by atoms with Crippen LogP contribution in [0.25, 0.3) is 0 Å². The molecule has 19 heavy (non-hydrogen) atoms.